The molecule has 0 radical (unpaired) electrons. The van der Waals surface area contributed by atoms with Crippen LogP contribution in [0.15, 0.2) is 53.1 Å². The van der Waals surface area contributed by atoms with Gasteiger partial charge in [-0.3, -0.25) is 4.79 Å². The summed E-state index contributed by atoms with van der Waals surface area (Å²) in [6.45, 7) is 0.00729. The number of rotatable bonds is 4. The molecule has 0 unspecified atom stereocenters. The molecule has 6 nitrogen and oxygen atoms in total. The highest BCUT2D eigenvalue weighted by Gasteiger charge is 2.12. The molecular formula is C13H10N4O2. The lowest BCUT2D eigenvalue weighted by Gasteiger charge is -1.95. The highest BCUT2D eigenvalue weighted by molar-refractivity contribution is 5.93. The molecule has 0 saturated heterocycles. The average Bonchev–Trinajstić information content (AvgIpc) is 3.11. The van der Waals surface area contributed by atoms with Crippen LogP contribution in [0.3, 0.4) is 0 Å². The maximum Gasteiger partial charge on any atom is 0.221 e. The van der Waals surface area contributed by atoms with E-state index in [0.717, 1.165) is 5.56 Å². The molecule has 0 saturated carbocycles. The van der Waals surface area contributed by atoms with Crippen LogP contribution >= 0.6 is 0 Å². The maximum atomic E-state index is 11.8. The number of Topliss-reactive ketones (excluding diaryl/α,β-unsaturated/α-hetero) is 1. The first kappa shape index (κ1) is 11.3. The molecule has 0 aliphatic heterocycles. The molecule has 0 aliphatic carbocycles. The van der Waals surface area contributed by atoms with Gasteiger partial charge in [0.2, 0.25) is 11.6 Å². The number of carbonyl (C=O) groups is 1. The minimum atomic E-state index is -0.193. The minimum Gasteiger partial charge on any atom is -0.461 e. The van der Waals surface area contributed by atoms with E-state index in [1.54, 1.807) is 12.1 Å². The smallest absolute Gasteiger partial charge is 0.221 e. The molecule has 0 amide bonds. The molecule has 0 spiro atoms. The van der Waals surface area contributed by atoms with Gasteiger partial charge < -0.3 is 4.42 Å². The summed E-state index contributed by atoms with van der Waals surface area (Å²) in [5.74, 6) is 0.591. The molecule has 94 valence electrons. The molecule has 0 bridgehead atoms. The number of aromatic nitrogens is 4. The summed E-state index contributed by atoms with van der Waals surface area (Å²) >= 11 is 0. The number of furan rings is 1. The van der Waals surface area contributed by atoms with E-state index in [-0.39, 0.29) is 12.3 Å². The van der Waals surface area contributed by atoms with Crippen molar-refractivity contribution < 1.29 is 9.21 Å². The predicted molar refractivity (Wildman–Crippen MR) is 66.3 cm³/mol. The summed E-state index contributed by atoms with van der Waals surface area (Å²) in [4.78, 5) is 13.1. The monoisotopic (exact) mass is 254 g/mol. The van der Waals surface area contributed by atoms with Crippen molar-refractivity contribution >= 4 is 5.78 Å². The number of hydrogen-bond donors (Lipinski definition) is 0. The van der Waals surface area contributed by atoms with Crippen molar-refractivity contribution in [3.05, 3.63) is 54.5 Å². The van der Waals surface area contributed by atoms with Gasteiger partial charge in [0.05, 0.1) is 6.26 Å². The summed E-state index contributed by atoms with van der Waals surface area (Å²) in [6.07, 6.45) is 1.46. The molecule has 2 aromatic heterocycles. The lowest BCUT2D eigenvalue weighted by atomic mass is 10.2. The first-order chi connectivity index (χ1) is 9.33. The third kappa shape index (κ3) is 2.42. The van der Waals surface area contributed by atoms with Crippen LogP contribution < -0.4 is 0 Å². The van der Waals surface area contributed by atoms with Crippen LogP contribution in [0.1, 0.15) is 10.6 Å². The molecule has 3 rings (SSSR count). The fourth-order valence-corrected chi connectivity index (χ4v) is 1.66. The van der Waals surface area contributed by atoms with E-state index in [9.17, 15) is 4.79 Å². The van der Waals surface area contributed by atoms with Gasteiger partial charge in [-0.2, -0.15) is 4.80 Å². The quantitative estimate of drug-likeness (QED) is 0.664. The number of nitrogens with zero attached hydrogens (tertiary/aromatic N) is 4. The van der Waals surface area contributed by atoms with Gasteiger partial charge in [-0.25, -0.2) is 0 Å². The SMILES string of the molecule is O=C(Cn1nnc(-c2ccccc2)n1)c1ccco1. The Bertz CT molecular complexity index is 674. The lowest BCUT2D eigenvalue weighted by molar-refractivity contribution is 0.0934. The maximum absolute atomic E-state index is 11.8. The van der Waals surface area contributed by atoms with Crippen LogP contribution in [0.25, 0.3) is 11.4 Å². The topological polar surface area (TPSA) is 73.8 Å². The van der Waals surface area contributed by atoms with Crippen molar-refractivity contribution in [1.82, 2.24) is 20.2 Å². The molecule has 6 heteroatoms. The Morgan fingerprint density at radius 1 is 1.16 bits per heavy atom. The number of ketones is 1. The highest BCUT2D eigenvalue weighted by Crippen LogP contribution is 2.12. The van der Waals surface area contributed by atoms with Crippen molar-refractivity contribution in [2.24, 2.45) is 0 Å². The van der Waals surface area contributed by atoms with Crippen molar-refractivity contribution in [2.45, 2.75) is 6.54 Å². The Morgan fingerprint density at radius 3 is 2.74 bits per heavy atom. The molecule has 2 heterocycles. The van der Waals surface area contributed by atoms with Gasteiger partial charge in [0, 0.05) is 5.56 Å². The second-order valence-electron chi connectivity index (χ2n) is 3.91. The van der Waals surface area contributed by atoms with Crippen molar-refractivity contribution in [2.75, 3.05) is 0 Å². The summed E-state index contributed by atoms with van der Waals surface area (Å²) in [6, 6.07) is 12.7. The zero-order valence-electron chi connectivity index (χ0n) is 9.93. The lowest BCUT2D eigenvalue weighted by Crippen LogP contribution is -2.12. The Balaban J connectivity index is 1.77. The molecule has 19 heavy (non-hydrogen) atoms. The van der Waals surface area contributed by atoms with Gasteiger partial charge in [0.25, 0.3) is 0 Å². The molecule has 0 aliphatic rings. The highest BCUT2D eigenvalue weighted by atomic mass is 16.3. The zero-order valence-corrected chi connectivity index (χ0v) is 9.93. The Labute approximate surface area is 108 Å². The summed E-state index contributed by atoms with van der Waals surface area (Å²) in [5.41, 5.74) is 0.860. The molecule has 1 aromatic carbocycles. The Morgan fingerprint density at radius 2 is 2.00 bits per heavy atom. The second-order valence-corrected chi connectivity index (χ2v) is 3.91. The van der Waals surface area contributed by atoms with E-state index in [1.807, 2.05) is 30.3 Å². The van der Waals surface area contributed by atoms with Gasteiger partial charge in [0.1, 0.15) is 6.54 Å². The van der Waals surface area contributed by atoms with E-state index in [2.05, 4.69) is 15.4 Å². The van der Waals surface area contributed by atoms with Crippen molar-refractivity contribution in [1.29, 1.82) is 0 Å². The fourth-order valence-electron chi connectivity index (χ4n) is 1.66. The van der Waals surface area contributed by atoms with Crippen LogP contribution in [0.5, 0.6) is 0 Å². The Hall–Kier alpha value is -2.76. The van der Waals surface area contributed by atoms with Gasteiger partial charge in [-0.05, 0) is 17.3 Å². The largest absolute Gasteiger partial charge is 0.461 e. The third-order valence-corrected chi connectivity index (χ3v) is 2.57. The fraction of sp³-hybridized carbons (Fsp3) is 0.0769. The number of tetrazole rings is 1. The standard InChI is InChI=1S/C13H10N4O2/c18-11(12-7-4-8-19-12)9-17-15-13(14-16-17)10-5-2-1-3-6-10/h1-8H,9H2. The van der Waals surface area contributed by atoms with E-state index in [1.165, 1.54) is 11.1 Å². The minimum absolute atomic E-state index is 0.00729. The first-order valence-electron chi connectivity index (χ1n) is 5.73. The zero-order chi connectivity index (χ0) is 13.1. The summed E-state index contributed by atoms with van der Waals surface area (Å²) in [7, 11) is 0. The van der Waals surface area contributed by atoms with Gasteiger partial charge in [-0.15, -0.1) is 10.2 Å². The summed E-state index contributed by atoms with van der Waals surface area (Å²) in [5, 5.41) is 11.9. The van der Waals surface area contributed by atoms with Gasteiger partial charge in [0.15, 0.2) is 5.76 Å². The second kappa shape index (κ2) is 4.85. The summed E-state index contributed by atoms with van der Waals surface area (Å²) < 4.78 is 5.02. The molecule has 0 N–H and O–H groups in total. The normalized spacial score (nSPS) is 10.5. The predicted octanol–water partition coefficient (Wildman–Crippen LogP) is 1.82. The number of hydrogen-bond acceptors (Lipinski definition) is 5. The van der Waals surface area contributed by atoms with E-state index < -0.39 is 0 Å². The van der Waals surface area contributed by atoms with Crippen molar-refractivity contribution in [3.63, 3.8) is 0 Å². The number of benzene rings is 1. The molecule has 0 fully saturated rings. The third-order valence-electron chi connectivity index (χ3n) is 2.57. The van der Waals surface area contributed by atoms with Crippen LogP contribution in [0, 0.1) is 0 Å². The van der Waals surface area contributed by atoms with Crippen LogP contribution in [-0.2, 0) is 6.54 Å². The molecule has 3 aromatic rings. The van der Waals surface area contributed by atoms with Crippen LogP contribution in [0.4, 0.5) is 0 Å². The Kier molecular flexibility index (Phi) is 2.89. The average molecular weight is 254 g/mol. The number of carbonyl (C=O) groups excluding carboxylic acids is 1. The van der Waals surface area contributed by atoms with Gasteiger partial charge >= 0.3 is 0 Å². The van der Waals surface area contributed by atoms with Crippen LogP contribution in [0.2, 0.25) is 0 Å². The van der Waals surface area contributed by atoms with Crippen LogP contribution in [-0.4, -0.2) is 26.0 Å². The van der Waals surface area contributed by atoms with Crippen molar-refractivity contribution in [3.8, 4) is 11.4 Å². The van der Waals surface area contributed by atoms with E-state index >= 15 is 0 Å². The van der Waals surface area contributed by atoms with E-state index in [0.29, 0.717) is 11.6 Å². The first-order valence-corrected chi connectivity index (χ1v) is 5.73. The van der Waals surface area contributed by atoms with Gasteiger partial charge in [-0.1, -0.05) is 30.3 Å². The molecular weight excluding hydrogens is 244 g/mol. The van der Waals surface area contributed by atoms with E-state index in [4.69, 9.17) is 4.42 Å². The molecule has 0 atom stereocenters.